The molecule has 1 N–H and O–H groups in total. The second kappa shape index (κ2) is 3.76. The number of aliphatic carboxylic acids is 1. The van der Waals surface area contributed by atoms with Gasteiger partial charge in [0.15, 0.2) is 0 Å². The largest absolute Gasteiger partial charge is 0.481 e. The van der Waals surface area contributed by atoms with E-state index >= 15 is 0 Å². The van der Waals surface area contributed by atoms with Crippen LogP contribution in [0.25, 0.3) is 0 Å². The fraction of sp³-hybridized carbons (Fsp3) is 0.909. The van der Waals surface area contributed by atoms with Crippen LogP contribution in [0.5, 0.6) is 0 Å². The molecule has 2 bridgehead atoms. The molecule has 0 aromatic heterocycles. The third kappa shape index (κ3) is 1.76. The van der Waals surface area contributed by atoms with Crippen molar-refractivity contribution in [3.8, 4) is 0 Å². The lowest BCUT2D eigenvalue weighted by molar-refractivity contribution is -0.297. The number of hydrogen-bond acceptors (Lipinski definition) is 3. The van der Waals surface area contributed by atoms with Gasteiger partial charge >= 0.3 is 5.97 Å². The molecule has 4 heteroatoms. The molecule has 3 aliphatic carbocycles. The summed E-state index contributed by atoms with van der Waals surface area (Å²) in [7, 11) is 1.52. The number of carboxylic acid groups (broad SMARTS) is 1. The smallest absolute Gasteiger partial charge is 0.309 e. The normalized spacial score (nSPS) is 39.3. The predicted molar refractivity (Wildman–Crippen MR) is 53.2 cm³/mol. The average Bonchev–Trinajstić information content (AvgIpc) is 2.29. The first-order valence-corrected chi connectivity index (χ1v) is 5.52. The molecule has 0 aliphatic heterocycles. The van der Waals surface area contributed by atoms with Gasteiger partial charge in [-0.15, -0.1) is 0 Å². The molecular formula is C11H18O4. The quantitative estimate of drug-likeness (QED) is 0.574. The summed E-state index contributed by atoms with van der Waals surface area (Å²) in [4.78, 5) is 20.9. The van der Waals surface area contributed by atoms with Gasteiger partial charge < -0.3 is 5.11 Å². The molecule has 4 nitrogen and oxygen atoms in total. The van der Waals surface area contributed by atoms with Crippen molar-refractivity contribution in [3.63, 3.8) is 0 Å². The molecule has 0 spiro atoms. The van der Waals surface area contributed by atoms with Gasteiger partial charge in [0.1, 0.15) is 0 Å². The van der Waals surface area contributed by atoms with Crippen molar-refractivity contribution in [2.75, 3.05) is 13.7 Å². The van der Waals surface area contributed by atoms with E-state index in [2.05, 4.69) is 4.89 Å². The minimum atomic E-state index is -0.608. The first-order chi connectivity index (χ1) is 7.13. The zero-order chi connectivity index (χ0) is 10.9. The minimum absolute atomic E-state index is 0.188. The molecule has 3 fully saturated rings. The van der Waals surface area contributed by atoms with E-state index in [0.717, 1.165) is 38.5 Å². The molecule has 15 heavy (non-hydrogen) atoms. The lowest BCUT2D eigenvalue weighted by Crippen LogP contribution is -2.47. The Morgan fingerprint density at radius 2 is 1.73 bits per heavy atom. The first-order valence-electron chi connectivity index (χ1n) is 5.52. The third-order valence-electron chi connectivity index (χ3n) is 4.34. The maximum absolute atomic E-state index is 11.2. The van der Waals surface area contributed by atoms with Gasteiger partial charge in [-0.3, -0.25) is 4.79 Å². The van der Waals surface area contributed by atoms with Crippen LogP contribution in [0.2, 0.25) is 0 Å². The van der Waals surface area contributed by atoms with Crippen LogP contribution in [-0.2, 0) is 14.6 Å². The highest BCUT2D eigenvalue weighted by Crippen LogP contribution is 2.56. The SMILES string of the molecule is COOCC12CCC(C(=O)O)(CC1)CC2. The number of hydrogen-bond donors (Lipinski definition) is 1. The number of carboxylic acids is 1. The van der Waals surface area contributed by atoms with E-state index in [1.165, 1.54) is 7.11 Å². The van der Waals surface area contributed by atoms with E-state index in [4.69, 9.17) is 4.89 Å². The van der Waals surface area contributed by atoms with Gasteiger partial charge in [0.2, 0.25) is 0 Å². The summed E-state index contributed by atoms with van der Waals surface area (Å²) in [5.74, 6) is -0.608. The molecule has 0 unspecified atom stereocenters. The van der Waals surface area contributed by atoms with E-state index < -0.39 is 11.4 Å². The summed E-state index contributed by atoms with van der Waals surface area (Å²) < 4.78 is 0. The number of carbonyl (C=O) groups is 1. The Hall–Kier alpha value is -0.610. The van der Waals surface area contributed by atoms with Crippen molar-refractivity contribution in [3.05, 3.63) is 0 Å². The molecule has 0 aromatic carbocycles. The van der Waals surface area contributed by atoms with Crippen molar-refractivity contribution in [2.24, 2.45) is 10.8 Å². The summed E-state index contributed by atoms with van der Waals surface area (Å²) in [6.45, 7) is 0.610. The number of fused-ring (bicyclic) bond motifs is 3. The zero-order valence-corrected chi connectivity index (χ0v) is 9.12. The Balaban J connectivity index is 2.01. The minimum Gasteiger partial charge on any atom is -0.481 e. The molecular weight excluding hydrogens is 196 g/mol. The Kier molecular flexibility index (Phi) is 2.73. The zero-order valence-electron chi connectivity index (χ0n) is 9.12. The summed E-state index contributed by atoms with van der Waals surface area (Å²) in [6.07, 6.45) is 5.29. The van der Waals surface area contributed by atoms with Crippen LogP contribution >= 0.6 is 0 Å². The number of rotatable bonds is 4. The van der Waals surface area contributed by atoms with Crippen LogP contribution in [0.15, 0.2) is 0 Å². The van der Waals surface area contributed by atoms with Crippen LogP contribution in [0.1, 0.15) is 38.5 Å². The van der Waals surface area contributed by atoms with Gasteiger partial charge in [-0.1, -0.05) is 0 Å². The van der Waals surface area contributed by atoms with Crippen LogP contribution in [0, 0.1) is 10.8 Å². The van der Waals surface area contributed by atoms with Crippen molar-refractivity contribution in [1.82, 2.24) is 0 Å². The molecule has 3 saturated carbocycles. The second-order valence-corrected chi connectivity index (χ2v) is 5.01. The van der Waals surface area contributed by atoms with E-state index in [0.29, 0.717) is 6.61 Å². The van der Waals surface area contributed by atoms with Crippen LogP contribution in [0.3, 0.4) is 0 Å². The fourth-order valence-electron chi connectivity index (χ4n) is 2.98. The fourth-order valence-corrected chi connectivity index (χ4v) is 2.98. The molecule has 0 saturated heterocycles. The van der Waals surface area contributed by atoms with Crippen molar-refractivity contribution in [2.45, 2.75) is 38.5 Å². The molecule has 86 valence electrons. The van der Waals surface area contributed by atoms with Gasteiger partial charge in [-0.25, -0.2) is 9.78 Å². The first kappa shape index (κ1) is 10.9. The Morgan fingerprint density at radius 1 is 1.20 bits per heavy atom. The molecule has 0 atom stereocenters. The summed E-state index contributed by atoms with van der Waals surface area (Å²) in [5, 5.41) is 9.22. The molecule has 0 aromatic rings. The standard InChI is InChI=1S/C11H18O4/c1-14-15-8-10-2-5-11(6-3-10,7-4-10)9(12)13/h2-8H2,1H3,(H,12,13). The van der Waals surface area contributed by atoms with Gasteiger partial charge in [0.25, 0.3) is 0 Å². The summed E-state index contributed by atoms with van der Waals surface area (Å²) >= 11 is 0. The molecule has 0 amide bonds. The molecule has 3 rings (SSSR count). The molecule has 0 heterocycles. The monoisotopic (exact) mass is 214 g/mol. The van der Waals surface area contributed by atoms with Crippen molar-refractivity contribution < 1.29 is 19.7 Å². The maximum atomic E-state index is 11.2. The van der Waals surface area contributed by atoms with Crippen molar-refractivity contribution in [1.29, 1.82) is 0 Å². The highest BCUT2D eigenvalue weighted by Gasteiger charge is 2.52. The van der Waals surface area contributed by atoms with Gasteiger partial charge in [-0.05, 0) is 43.9 Å². The lowest BCUT2D eigenvalue weighted by atomic mass is 9.54. The van der Waals surface area contributed by atoms with Crippen LogP contribution < -0.4 is 0 Å². The van der Waals surface area contributed by atoms with Gasteiger partial charge in [-0.2, -0.15) is 0 Å². The van der Waals surface area contributed by atoms with E-state index in [1.54, 1.807) is 0 Å². The maximum Gasteiger partial charge on any atom is 0.309 e. The molecule has 0 radical (unpaired) electrons. The summed E-state index contributed by atoms with van der Waals surface area (Å²) in [6, 6.07) is 0. The van der Waals surface area contributed by atoms with Gasteiger partial charge in [0, 0.05) is 0 Å². The molecule has 3 aliphatic rings. The lowest BCUT2D eigenvalue weighted by Gasteiger charge is -2.50. The average molecular weight is 214 g/mol. The van der Waals surface area contributed by atoms with Crippen LogP contribution in [0.4, 0.5) is 0 Å². The van der Waals surface area contributed by atoms with E-state index in [-0.39, 0.29) is 5.41 Å². The van der Waals surface area contributed by atoms with Gasteiger partial charge in [0.05, 0.1) is 19.1 Å². The Bertz CT molecular complexity index is 237. The third-order valence-corrected chi connectivity index (χ3v) is 4.34. The topological polar surface area (TPSA) is 55.8 Å². The van der Waals surface area contributed by atoms with E-state index in [9.17, 15) is 9.90 Å². The Morgan fingerprint density at radius 3 is 2.13 bits per heavy atom. The highest BCUT2D eigenvalue weighted by molar-refractivity contribution is 5.75. The van der Waals surface area contributed by atoms with Crippen LogP contribution in [-0.4, -0.2) is 24.8 Å². The van der Waals surface area contributed by atoms with E-state index in [1.807, 2.05) is 0 Å². The highest BCUT2D eigenvalue weighted by atomic mass is 17.2. The summed E-state index contributed by atoms with van der Waals surface area (Å²) in [5.41, 5.74) is -0.234. The Labute approximate surface area is 89.5 Å². The predicted octanol–water partition coefficient (Wildman–Crippen LogP) is 1.99. The second-order valence-electron chi connectivity index (χ2n) is 5.01. The van der Waals surface area contributed by atoms with Crippen molar-refractivity contribution >= 4 is 5.97 Å².